The summed E-state index contributed by atoms with van der Waals surface area (Å²) in [5.41, 5.74) is 0.956. The van der Waals surface area contributed by atoms with Crippen LogP contribution in [0.2, 0.25) is 0 Å². The average molecular weight is 666 g/mol. The zero-order chi connectivity index (χ0) is 34.4. The molecular formula is C35H35F4N5O4. The van der Waals surface area contributed by atoms with Gasteiger partial charge in [0.25, 0.3) is 11.8 Å². The van der Waals surface area contributed by atoms with Crippen LogP contribution >= 0.6 is 0 Å². The van der Waals surface area contributed by atoms with Crippen LogP contribution in [-0.4, -0.2) is 52.4 Å². The Labute approximate surface area is 274 Å². The number of rotatable bonds is 8. The zero-order valence-electron chi connectivity index (χ0n) is 26.7. The van der Waals surface area contributed by atoms with Crippen LogP contribution in [0.4, 0.5) is 34.6 Å². The standard InChI is InChI=1S/C35H35F4N5O4/c1-33(2,3)48-29(45)17-22-15-23(36)10-11-25(22)40-31(46)21-9-12-28(43-18-34(19-43)13-6-14-34)26(16-21)41-32(47)30-24-7-4-5-8-27(24)44(42-30)20-35(37,38)39/h4-5,7-12,15-16H,6,13-14,17-20H2,1-3H3,(H,40,46)(H,41,47). The van der Waals surface area contributed by atoms with Crippen LogP contribution < -0.4 is 15.5 Å². The Morgan fingerprint density at radius 3 is 2.29 bits per heavy atom. The number of ether oxygens (including phenoxy) is 1. The van der Waals surface area contributed by atoms with Crippen LogP contribution in [0, 0.1) is 11.2 Å². The maximum Gasteiger partial charge on any atom is 0.408 e. The highest BCUT2D eigenvalue weighted by atomic mass is 19.4. The third-order valence-corrected chi connectivity index (χ3v) is 8.59. The molecule has 2 amide bonds. The van der Waals surface area contributed by atoms with E-state index in [9.17, 15) is 31.9 Å². The largest absolute Gasteiger partial charge is 0.460 e. The summed E-state index contributed by atoms with van der Waals surface area (Å²) in [6.07, 6.45) is -1.46. The summed E-state index contributed by atoms with van der Waals surface area (Å²) in [6, 6.07) is 14.6. The lowest BCUT2D eigenvalue weighted by Gasteiger charge is -2.57. The minimum Gasteiger partial charge on any atom is -0.460 e. The van der Waals surface area contributed by atoms with Crippen molar-refractivity contribution in [2.75, 3.05) is 28.6 Å². The number of amides is 2. The SMILES string of the molecule is CC(C)(C)OC(=O)Cc1cc(F)ccc1NC(=O)c1ccc(N2CC3(CCC3)C2)c(NC(=O)c2nn(CC(F)(F)F)c3ccccc23)c1. The molecule has 0 radical (unpaired) electrons. The van der Waals surface area contributed by atoms with Crippen molar-refractivity contribution in [3.05, 3.63) is 83.3 Å². The monoisotopic (exact) mass is 665 g/mol. The normalized spacial score (nSPS) is 15.5. The number of alkyl halides is 3. The topological polar surface area (TPSA) is 106 Å². The summed E-state index contributed by atoms with van der Waals surface area (Å²) in [6.45, 7) is 5.31. The highest BCUT2D eigenvalue weighted by Crippen LogP contribution is 2.50. The van der Waals surface area contributed by atoms with Crippen molar-refractivity contribution < 1.29 is 36.7 Å². The second-order valence-corrected chi connectivity index (χ2v) is 13.6. The molecule has 0 atom stereocenters. The number of para-hydroxylation sites is 1. The molecule has 1 aliphatic heterocycles. The van der Waals surface area contributed by atoms with Gasteiger partial charge < -0.3 is 20.3 Å². The molecule has 2 N–H and O–H groups in total. The van der Waals surface area contributed by atoms with Crippen LogP contribution in [0.25, 0.3) is 10.9 Å². The number of hydrogen-bond acceptors (Lipinski definition) is 6. The molecule has 1 saturated heterocycles. The molecule has 6 rings (SSSR count). The average Bonchev–Trinajstić information content (AvgIpc) is 3.29. The van der Waals surface area contributed by atoms with Crippen molar-refractivity contribution in [1.29, 1.82) is 0 Å². The van der Waals surface area contributed by atoms with Crippen molar-refractivity contribution in [1.82, 2.24) is 9.78 Å². The summed E-state index contributed by atoms with van der Waals surface area (Å²) >= 11 is 0. The second kappa shape index (κ2) is 12.3. The zero-order valence-corrected chi connectivity index (χ0v) is 26.7. The lowest BCUT2D eigenvalue weighted by atomic mass is 9.63. The van der Waals surface area contributed by atoms with Crippen molar-refractivity contribution >= 4 is 45.7 Å². The summed E-state index contributed by atoms with van der Waals surface area (Å²) in [7, 11) is 0. The predicted molar refractivity (Wildman–Crippen MR) is 173 cm³/mol. The lowest BCUT2D eigenvalue weighted by Crippen LogP contribution is -2.60. The Hall–Kier alpha value is -4.94. The first-order valence-electron chi connectivity index (χ1n) is 15.6. The molecule has 0 bridgehead atoms. The lowest BCUT2D eigenvalue weighted by molar-refractivity contribution is -0.154. The van der Waals surface area contributed by atoms with E-state index in [1.165, 1.54) is 24.3 Å². The molecule has 1 saturated carbocycles. The number of fused-ring (bicyclic) bond motifs is 1. The molecule has 2 fully saturated rings. The van der Waals surface area contributed by atoms with E-state index in [2.05, 4.69) is 20.6 Å². The molecule has 1 spiro atoms. The number of halogens is 4. The number of carbonyl (C=O) groups excluding carboxylic acids is 3. The van der Waals surface area contributed by atoms with Crippen molar-refractivity contribution in [2.45, 2.75) is 64.8 Å². The van der Waals surface area contributed by atoms with Gasteiger partial charge in [-0.2, -0.15) is 18.3 Å². The van der Waals surface area contributed by atoms with Gasteiger partial charge in [0.15, 0.2) is 5.69 Å². The third kappa shape index (κ3) is 7.14. The van der Waals surface area contributed by atoms with E-state index in [0.717, 1.165) is 49.2 Å². The molecule has 2 heterocycles. The van der Waals surface area contributed by atoms with E-state index in [1.807, 2.05) is 0 Å². The Morgan fingerprint density at radius 2 is 1.62 bits per heavy atom. The van der Waals surface area contributed by atoms with Gasteiger partial charge in [-0.05, 0) is 81.6 Å². The number of benzene rings is 3. The van der Waals surface area contributed by atoms with E-state index in [4.69, 9.17) is 4.74 Å². The highest BCUT2D eigenvalue weighted by molar-refractivity contribution is 6.13. The number of nitrogens with one attached hydrogen (secondary N) is 2. The Morgan fingerprint density at radius 1 is 0.917 bits per heavy atom. The molecule has 9 nitrogen and oxygen atoms in total. The first-order chi connectivity index (χ1) is 22.6. The molecule has 252 valence electrons. The molecule has 1 aromatic heterocycles. The molecule has 13 heteroatoms. The van der Waals surface area contributed by atoms with Crippen molar-refractivity contribution in [2.24, 2.45) is 5.41 Å². The van der Waals surface area contributed by atoms with Crippen LogP contribution in [0.5, 0.6) is 0 Å². The van der Waals surface area contributed by atoms with E-state index >= 15 is 0 Å². The van der Waals surface area contributed by atoms with Gasteiger partial charge in [0.2, 0.25) is 0 Å². The summed E-state index contributed by atoms with van der Waals surface area (Å²) in [4.78, 5) is 41.8. The Kier molecular flexibility index (Phi) is 8.42. The first kappa shape index (κ1) is 33.0. The fourth-order valence-electron chi connectivity index (χ4n) is 6.31. The number of aromatic nitrogens is 2. The maximum atomic E-state index is 14.2. The minimum atomic E-state index is -4.55. The van der Waals surface area contributed by atoms with Gasteiger partial charge in [-0.3, -0.25) is 19.1 Å². The third-order valence-electron chi connectivity index (χ3n) is 8.59. The van der Waals surface area contributed by atoms with Gasteiger partial charge in [-0.15, -0.1) is 0 Å². The molecule has 4 aromatic rings. The molecule has 48 heavy (non-hydrogen) atoms. The quantitative estimate of drug-likeness (QED) is 0.154. The van der Waals surface area contributed by atoms with Gasteiger partial charge >= 0.3 is 12.1 Å². The summed E-state index contributed by atoms with van der Waals surface area (Å²) in [5, 5.41) is 9.81. The fraction of sp³-hybridized carbons (Fsp3) is 0.371. The van der Waals surface area contributed by atoms with Crippen LogP contribution in [-0.2, 0) is 22.5 Å². The highest BCUT2D eigenvalue weighted by Gasteiger charge is 2.47. The molecule has 1 aliphatic carbocycles. The van der Waals surface area contributed by atoms with Crippen LogP contribution in [0.1, 0.15) is 66.4 Å². The number of hydrogen-bond donors (Lipinski definition) is 2. The fourth-order valence-corrected chi connectivity index (χ4v) is 6.31. The van der Waals surface area contributed by atoms with Crippen molar-refractivity contribution in [3.63, 3.8) is 0 Å². The molecule has 0 unspecified atom stereocenters. The van der Waals surface area contributed by atoms with E-state index in [1.54, 1.807) is 45.0 Å². The molecular weight excluding hydrogens is 630 g/mol. The Bertz CT molecular complexity index is 1900. The number of nitrogens with zero attached hydrogens (tertiary/aromatic N) is 3. The predicted octanol–water partition coefficient (Wildman–Crippen LogP) is 7.12. The number of carbonyl (C=O) groups is 3. The first-order valence-corrected chi connectivity index (χ1v) is 15.6. The molecule has 2 aliphatic rings. The van der Waals surface area contributed by atoms with Gasteiger partial charge in [0, 0.05) is 35.1 Å². The Balaban J connectivity index is 1.29. The van der Waals surface area contributed by atoms with E-state index in [0.29, 0.717) is 5.69 Å². The van der Waals surface area contributed by atoms with E-state index in [-0.39, 0.29) is 50.9 Å². The summed E-state index contributed by atoms with van der Waals surface area (Å²) < 4.78 is 60.2. The van der Waals surface area contributed by atoms with Crippen LogP contribution in [0.3, 0.4) is 0 Å². The molecule has 3 aromatic carbocycles. The van der Waals surface area contributed by atoms with E-state index < -0.39 is 41.9 Å². The maximum absolute atomic E-state index is 14.2. The van der Waals surface area contributed by atoms with Crippen molar-refractivity contribution in [3.8, 4) is 0 Å². The van der Waals surface area contributed by atoms with Crippen LogP contribution in [0.15, 0.2) is 60.7 Å². The number of esters is 1. The summed E-state index contributed by atoms with van der Waals surface area (Å²) in [5.74, 6) is -2.51. The van der Waals surface area contributed by atoms with Gasteiger partial charge in [-0.1, -0.05) is 24.6 Å². The number of anilines is 3. The second-order valence-electron chi connectivity index (χ2n) is 13.6. The minimum absolute atomic E-state index is 0.146. The van der Waals surface area contributed by atoms with Gasteiger partial charge in [-0.25, -0.2) is 4.39 Å². The van der Waals surface area contributed by atoms with Gasteiger partial charge in [0.05, 0.1) is 23.3 Å². The smallest absolute Gasteiger partial charge is 0.408 e. The van der Waals surface area contributed by atoms with Gasteiger partial charge in [0.1, 0.15) is 18.0 Å².